The van der Waals surface area contributed by atoms with Crippen LogP contribution in [0.5, 0.6) is 5.75 Å². The van der Waals surface area contributed by atoms with E-state index in [0.717, 1.165) is 16.7 Å². The van der Waals surface area contributed by atoms with E-state index in [1.165, 1.54) is 14.0 Å². The van der Waals surface area contributed by atoms with Crippen molar-refractivity contribution >= 4 is 5.94 Å². The first-order valence-electron chi connectivity index (χ1n) is 6.14. The van der Waals surface area contributed by atoms with E-state index in [9.17, 15) is 29.7 Å². The van der Waals surface area contributed by atoms with E-state index in [1.807, 2.05) is 4.98 Å². The molecule has 1 aromatic heterocycles. The Hall–Kier alpha value is -2.39. The van der Waals surface area contributed by atoms with E-state index in [1.54, 1.807) is 0 Å². The van der Waals surface area contributed by atoms with Crippen LogP contribution in [0.3, 0.4) is 0 Å². The lowest BCUT2D eigenvalue weighted by Crippen LogP contribution is -2.49. The average Bonchev–Trinajstić information content (AvgIpc) is 2.72. The number of aromatic amines is 1. The second-order valence-electron chi connectivity index (χ2n) is 4.84. The molecule has 1 saturated heterocycles. The first-order valence-corrected chi connectivity index (χ1v) is 6.14. The van der Waals surface area contributed by atoms with Gasteiger partial charge in [0.2, 0.25) is 11.5 Å². The summed E-state index contributed by atoms with van der Waals surface area (Å²) in [6, 6.07) is 0. The maximum absolute atomic E-state index is 11.9. The molecule has 1 aliphatic heterocycles. The van der Waals surface area contributed by atoms with Crippen LogP contribution in [0.1, 0.15) is 6.92 Å². The number of hydrogen-bond acceptors (Lipinski definition) is 8. The largest absolute Gasteiger partial charge is 0.500 e. The topological polar surface area (TPSA) is 151 Å². The summed E-state index contributed by atoms with van der Waals surface area (Å²) in [5.74, 6) is -0.0408. The van der Waals surface area contributed by atoms with Crippen molar-refractivity contribution in [2.24, 2.45) is 0 Å². The Morgan fingerprint density at radius 1 is 1.50 bits per heavy atom. The van der Waals surface area contributed by atoms with Gasteiger partial charge in [-0.3, -0.25) is 14.3 Å². The minimum atomic E-state index is -1.86. The number of ether oxygens (including phenoxy) is 2. The van der Waals surface area contributed by atoms with Crippen molar-refractivity contribution in [1.29, 1.82) is 0 Å². The van der Waals surface area contributed by atoms with Gasteiger partial charge >= 0.3 is 5.69 Å². The predicted octanol–water partition coefficient (Wildman–Crippen LogP) is -2.39. The monoisotopic (exact) mass is 314 g/mol. The molecule has 0 aromatic carbocycles. The Bertz CT molecular complexity index is 746. The van der Waals surface area contributed by atoms with Gasteiger partial charge in [0.1, 0.15) is 12.2 Å². The van der Waals surface area contributed by atoms with Gasteiger partial charge in [-0.05, 0) is 6.92 Å². The molecule has 0 bridgehead atoms. The molecule has 2 heterocycles. The highest BCUT2D eigenvalue weighted by Crippen LogP contribution is 2.36. The maximum atomic E-state index is 11.9. The molecule has 1 aromatic rings. The lowest BCUT2D eigenvalue weighted by molar-refractivity contribution is -0.128. The summed E-state index contributed by atoms with van der Waals surface area (Å²) in [5, 5.41) is 29.4. The van der Waals surface area contributed by atoms with Crippen molar-refractivity contribution < 1.29 is 29.6 Å². The SMILES string of the molecule is COc1cn([C@]2(C)O[C@H](C(O)=C=O)[C@@H](O)[C@H]2O)c(=O)[nH]c1=O. The van der Waals surface area contributed by atoms with Gasteiger partial charge in [0.15, 0.2) is 17.8 Å². The van der Waals surface area contributed by atoms with Crippen molar-refractivity contribution in [3.05, 3.63) is 32.8 Å². The average molecular weight is 314 g/mol. The Kier molecular flexibility index (Phi) is 3.94. The lowest BCUT2D eigenvalue weighted by Gasteiger charge is -2.29. The summed E-state index contributed by atoms with van der Waals surface area (Å²) < 4.78 is 10.8. The van der Waals surface area contributed by atoms with Gasteiger partial charge in [-0.15, -0.1) is 0 Å². The van der Waals surface area contributed by atoms with Crippen LogP contribution >= 0.6 is 0 Å². The minimum absolute atomic E-state index is 0.232. The molecular formula is C12H14N2O8. The summed E-state index contributed by atoms with van der Waals surface area (Å²) in [7, 11) is 1.20. The molecule has 4 atom stereocenters. The number of aromatic nitrogens is 2. The van der Waals surface area contributed by atoms with E-state index >= 15 is 0 Å². The fourth-order valence-corrected chi connectivity index (χ4v) is 2.28. The van der Waals surface area contributed by atoms with Crippen molar-refractivity contribution in [3.63, 3.8) is 0 Å². The number of nitrogens with zero attached hydrogens (tertiary/aromatic N) is 1. The van der Waals surface area contributed by atoms with Crippen LogP contribution < -0.4 is 16.0 Å². The number of rotatable bonds is 3. The summed E-state index contributed by atoms with van der Waals surface area (Å²) >= 11 is 0. The molecule has 22 heavy (non-hydrogen) atoms. The van der Waals surface area contributed by atoms with Crippen molar-refractivity contribution in [2.75, 3.05) is 7.11 Å². The second kappa shape index (κ2) is 5.43. The normalized spacial score (nSPS) is 30.8. The van der Waals surface area contributed by atoms with Gasteiger partial charge in [0, 0.05) is 0 Å². The van der Waals surface area contributed by atoms with Crippen LogP contribution in [0.2, 0.25) is 0 Å². The lowest BCUT2D eigenvalue weighted by atomic mass is 10.0. The van der Waals surface area contributed by atoms with Gasteiger partial charge in [-0.25, -0.2) is 9.59 Å². The van der Waals surface area contributed by atoms with Crippen LogP contribution in [0.4, 0.5) is 0 Å². The fraction of sp³-hybridized carbons (Fsp3) is 0.500. The van der Waals surface area contributed by atoms with Gasteiger partial charge in [0.05, 0.1) is 13.3 Å². The quantitative estimate of drug-likeness (QED) is 0.356. The van der Waals surface area contributed by atoms with Crippen molar-refractivity contribution in [1.82, 2.24) is 9.55 Å². The molecule has 1 aliphatic rings. The molecule has 0 saturated carbocycles. The van der Waals surface area contributed by atoms with Crippen LogP contribution in [-0.2, 0) is 15.3 Å². The highest BCUT2D eigenvalue weighted by atomic mass is 16.6. The van der Waals surface area contributed by atoms with Crippen LogP contribution in [-0.4, -0.2) is 56.2 Å². The van der Waals surface area contributed by atoms with E-state index in [2.05, 4.69) is 0 Å². The minimum Gasteiger partial charge on any atom is -0.500 e. The Labute approximate surface area is 122 Å². The first kappa shape index (κ1) is 16.0. The molecule has 1 fully saturated rings. The Balaban J connectivity index is 2.59. The molecule has 0 amide bonds. The molecule has 2 rings (SSSR count). The third-order valence-corrected chi connectivity index (χ3v) is 3.53. The molecule has 0 aliphatic carbocycles. The summed E-state index contributed by atoms with van der Waals surface area (Å²) in [4.78, 5) is 35.8. The van der Waals surface area contributed by atoms with Crippen LogP contribution in [0.25, 0.3) is 0 Å². The van der Waals surface area contributed by atoms with Crippen molar-refractivity contribution in [2.45, 2.75) is 31.0 Å². The fourth-order valence-electron chi connectivity index (χ4n) is 2.28. The Morgan fingerprint density at radius 3 is 2.68 bits per heavy atom. The molecule has 10 heteroatoms. The zero-order valence-corrected chi connectivity index (χ0v) is 11.6. The highest BCUT2D eigenvalue weighted by Gasteiger charge is 2.55. The molecule has 120 valence electrons. The molecule has 4 N–H and O–H groups in total. The van der Waals surface area contributed by atoms with E-state index < -0.39 is 41.0 Å². The van der Waals surface area contributed by atoms with Gasteiger partial charge in [-0.1, -0.05) is 0 Å². The third-order valence-electron chi connectivity index (χ3n) is 3.53. The van der Waals surface area contributed by atoms with Crippen molar-refractivity contribution in [3.8, 4) is 5.75 Å². The standard InChI is InChI=1S/C12H14N2O8/c1-12(9(18)7(17)8(22-12)5(16)4-15)14-3-6(21-2)10(19)13-11(14)20/h3,7-9,16-18H,1-2H3,(H,13,19,20)/t7-,8-,9-,12-/m1/s1. The maximum Gasteiger partial charge on any atom is 0.330 e. The number of methoxy groups -OCH3 is 1. The zero-order chi connectivity index (χ0) is 16.7. The number of aliphatic hydroxyl groups excluding tert-OH is 3. The summed E-state index contributed by atoms with van der Waals surface area (Å²) in [6.45, 7) is 1.23. The van der Waals surface area contributed by atoms with Gasteiger partial charge in [0.25, 0.3) is 5.56 Å². The zero-order valence-electron chi connectivity index (χ0n) is 11.6. The molecule has 0 radical (unpaired) electrons. The first-order chi connectivity index (χ1) is 10.3. The number of aliphatic hydroxyl groups is 3. The van der Waals surface area contributed by atoms with Crippen LogP contribution in [0, 0.1) is 0 Å². The summed E-state index contributed by atoms with van der Waals surface area (Å²) in [5.41, 5.74) is -3.58. The predicted molar refractivity (Wildman–Crippen MR) is 70.2 cm³/mol. The third kappa shape index (κ3) is 2.24. The molecule has 0 spiro atoms. The summed E-state index contributed by atoms with van der Waals surface area (Å²) in [6.07, 6.45) is -3.94. The molecule has 10 nitrogen and oxygen atoms in total. The molecular weight excluding hydrogens is 300 g/mol. The number of carbonyl (C=O) groups excluding carboxylic acids is 1. The Morgan fingerprint density at radius 2 is 2.14 bits per heavy atom. The van der Waals surface area contributed by atoms with Gasteiger partial charge < -0.3 is 24.8 Å². The van der Waals surface area contributed by atoms with Crippen LogP contribution in [0.15, 0.2) is 21.5 Å². The molecule has 0 unspecified atom stereocenters. The smallest absolute Gasteiger partial charge is 0.330 e. The second-order valence-corrected chi connectivity index (χ2v) is 4.84. The van der Waals surface area contributed by atoms with E-state index in [4.69, 9.17) is 9.47 Å². The van der Waals surface area contributed by atoms with E-state index in [0.29, 0.717) is 0 Å². The number of H-pyrrole nitrogens is 1. The van der Waals surface area contributed by atoms with E-state index in [-0.39, 0.29) is 5.75 Å². The number of nitrogens with one attached hydrogen (secondary N) is 1. The van der Waals surface area contributed by atoms with Gasteiger partial charge in [-0.2, -0.15) is 0 Å². The highest BCUT2D eigenvalue weighted by molar-refractivity contribution is 5.51. The number of hydrogen-bond donors (Lipinski definition) is 4.